The summed E-state index contributed by atoms with van der Waals surface area (Å²) in [5.74, 6) is 0. The van der Waals surface area contributed by atoms with Crippen molar-refractivity contribution in [3.63, 3.8) is 0 Å². The van der Waals surface area contributed by atoms with Gasteiger partial charge < -0.3 is 0 Å². The van der Waals surface area contributed by atoms with Gasteiger partial charge in [0.2, 0.25) is 0 Å². The molecule has 0 aliphatic carbocycles. The zero-order chi connectivity index (χ0) is 17.0. The molecule has 0 aliphatic rings. The van der Waals surface area contributed by atoms with E-state index in [2.05, 4.69) is 30.3 Å². The summed E-state index contributed by atoms with van der Waals surface area (Å²) in [5.41, 5.74) is 19.8. The third kappa shape index (κ3) is 4.99. The maximum atomic E-state index is 8.55. The molecule has 0 aromatic heterocycles. The molecular formula is C16H14N8. The maximum absolute atomic E-state index is 8.55. The molecule has 0 bridgehead atoms. The van der Waals surface area contributed by atoms with Crippen LogP contribution >= 0.6 is 0 Å². The average Bonchev–Trinajstić information content (AvgIpc) is 2.65. The van der Waals surface area contributed by atoms with Crippen molar-refractivity contribution in [2.24, 2.45) is 20.4 Å². The zero-order valence-corrected chi connectivity index (χ0v) is 12.8. The Morgan fingerprint density at radius 2 is 1.04 bits per heavy atom. The molecule has 0 heterocycles. The van der Waals surface area contributed by atoms with Crippen LogP contribution in [-0.2, 0) is 0 Å². The first-order valence-corrected chi connectivity index (χ1v) is 7.11. The van der Waals surface area contributed by atoms with Crippen molar-refractivity contribution in [1.29, 1.82) is 0 Å². The Hall–Kier alpha value is -3.60. The lowest BCUT2D eigenvalue weighted by Crippen LogP contribution is -2.07. The normalized spacial score (nSPS) is 11.3. The van der Waals surface area contributed by atoms with Crippen LogP contribution in [0.15, 0.2) is 81.1 Å². The summed E-state index contributed by atoms with van der Waals surface area (Å²) in [5, 5.41) is 15.6. The van der Waals surface area contributed by atoms with E-state index in [0.717, 1.165) is 11.1 Å². The number of hydrogen-bond donors (Lipinski definition) is 0. The second-order valence-electron chi connectivity index (χ2n) is 4.60. The van der Waals surface area contributed by atoms with E-state index in [1.807, 2.05) is 60.7 Å². The van der Waals surface area contributed by atoms with Gasteiger partial charge in [-0.25, -0.2) is 0 Å². The SMILES string of the molecule is [N-]=[N+]=NC/C(=N\N=C(/CN=[N+]=[N-])c1ccccc1)c1ccccc1. The fourth-order valence-electron chi connectivity index (χ4n) is 1.94. The van der Waals surface area contributed by atoms with Crippen molar-refractivity contribution in [2.45, 2.75) is 0 Å². The predicted octanol–water partition coefficient (Wildman–Crippen LogP) is 4.50. The highest BCUT2D eigenvalue weighted by molar-refractivity contribution is 6.05. The Morgan fingerprint density at radius 3 is 1.38 bits per heavy atom. The molecule has 0 saturated heterocycles. The van der Waals surface area contributed by atoms with Gasteiger partial charge in [0.15, 0.2) is 0 Å². The van der Waals surface area contributed by atoms with Crippen LogP contribution in [0.1, 0.15) is 11.1 Å². The van der Waals surface area contributed by atoms with E-state index in [4.69, 9.17) is 11.1 Å². The maximum Gasteiger partial charge on any atom is 0.0760 e. The third-order valence-electron chi connectivity index (χ3n) is 3.07. The molecule has 0 fully saturated rings. The largest absolute Gasteiger partial charge is 0.155 e. The summed E-state index contributed by atoms with van der Waals surface area (Å²) in [7, 11) is 0. The van der Waals surface area contributed by atoms with Crippen LogP contribution < -0.4 is 0 Å². The lowest BCUT2D eigenvalue weighted by Gasteiger charge is -2.04. The summed E-state index contributed by atoms with van der Waals surface area (Å²) in [6.07, 6.45) is 0. The van der Waals surface area contributed by atoms with Crippen LogP contribution in [0.5, 0.6) is 0 Å². The monoisotopic (exact) mass is 318 g/mol. The van der Waals surface area contributed by atoms with Gasteiger partial charge in [0, 0.05) is 9.82 Å². The molecule has 8 heteroatoms. The van der Waals surface area contributed by atoms with Crippen molar-refractivity contribution in [3.8, 4) is 0 Å². The van der Waals surface area contributed by atoms with Gasteiger partial charge in [0.1, 0.15) is 0 Å². The number of nitrogens with zero attached hydrogens (tertiary/aromatic N) is 8. The van der Waals surface area contributed by atoms with Crippen molar-refractivity contribution in [2.75, 3.05) is 13.1 Å². The van der Waals surface area contributed by atoms with Crippen molar-refractivity contribution < 1.29 is 0 Å². The Morgan fingerprint density at radius 1 is 0.667 bits per heavy atom. The first-order valence-electron chi connectivity index (χ1n) is 7.11. The van der Waals surface area contributed by atoms with Gasteiger partial charge in [-0.3, -0.25) is 0 Å². The van der Waals surface area contributed by atoms with Crippen LogP contribution in [0.3, 0.4) is 0 Å². The van der Waals surface area contributed by atoms with E-state index < -0.39 is 0 Å². The zero-order valence-electron chi connectivity index (χ0n) is 12.8. The van der Waals surface area contributed by atoms with Gasteiger partial charge in [0.25, 0.3) is 0 Å². The minimum atomic E-state index is 0.0770. The molecule has 118 valence electrons. The average molecular weight is 318 g/mol. The van der Waals surface area contributed by atoms with E-state index in [9.17, 15) is 0 Å². The van der Waals surface area contributed by atoms with Gasteiger partial charge in [-0.05, 0) is 22.2 Å². The van der Waals surface area contributed by atoms with Gasteiger partial charge in [-0.1, -0.05) is 70.9 Å². The number of azide groups is 2. The summed E-state index contributed by atoms with van der Waals surface area (Å²) in [6, 6.07) is 18.7. The van der Waals surface area contributed by atoms with E-state index in [0.29, 0.717) is 11.4 Å². The molecular weight excluding hydrogens is 304 g/mol. The summed E-state index contributed by atoms with van der Waals surface area (Å²) < 4.78 is 0. The Balaban J connectivity index is 2.41. The van der Waals surface area contributed by atoms with Crippen molar-refractivity contribution >= 4 is 11.4 Å². The molecule has 0 spiro atoms. The van der Waals surface area contributed by atoms with Gasteiger partial charge >= 0.3 is 0 Å². The Kier molecular flexibility index (Phi) is 6.58. The quantitative estimate of drug-likeness (QED) is 0.234. The second kappa shape index (κ2) is 9.42. The molecule has 0 saturated carbocycles. The third-order valence-corrected chi connectivity index (χ3v) is 3.07. The van der Waals surface area contributed by atoms with E-state index in [1.54, 1.807) is 0 Å². The molecule has 8 nitrogen and oxygen atoms in total. The molecule has 0 amide bonds. The second-order valence-corrected chi connectivity index (χ2v) is 4.60. The number of hydrogen-bond acceptors (Lipinski definition) is 4. The lowest BCUT2D eigenvalue weighted by atomic mass is 10.1. The highest BCUT2D eigenvalue weighted by atomic mass is 15.2. The van der Waals surface area contributed by atoms with E-state index in [1.165, 1.54) is 0 Å². The van der Waals surface area contributed by atoms with Crippen molar-refractivity contribution in [3.05, 3.63) is 92.7 Å². The summed E-state index contributed by atoms with van der Waals surface area (Å²) >= 11 is 0. The molecule has 0 unspecified atom stereocenters. The Labute approximate surface area is 138 Å². The van der Waals surface area contributed by atoms with Gasteiger partial charge in [-0.15, -0.1) is 0 Å². The van der Waals surface area contributed by atoms with Crippen LogP contribution in [0.2, 0.25) is 0 Å². The van der Waals surface area contributed by atoms with Crippen LogP contribution in [0.25, 0.3) is 20.9 Å². The Bertz CT molecular complexity index is 742. The molecule has 2 rings (SSSR count). The molecule has 2 aromatic rings. The van der Waals surface area contributed by atoms with Crippen molar-refractivity contribution in [1.82, 2.24) is 0 Å². The minimum Gasteiger partial charge on any atom is -0.155 e. The fraction of sp³-hybridized carbons (Fsp3) is 0.125. The summed E-state index contributed by atoms with van der Waals surface area (Å²) in [4.78, 5) is 5.53. The van der Waals surface area contributed by atoms with Crippen LogP contribution in [0.4, 0.5) is 0 Å². The first-order chi connectivity index (χ1) is 11.8. The molecule has 0 atom stereocenters. The van der Waals surface area contributed by atoms with E-state index >= 15 is 0 Å². The highest BCUT2D eigenvalue weighted by Crippen LogP contribution is 2.06. The number of rotatable bonds is 7. The van der Waals surface area contributed by atoms with Crippen LogP contribution in [0, 0.1) is 0 Å². The topological polar surface area (TPSA) is 122 Å². The highest BCUT2D eigenvalue weighted by Gasteiger charge is 2.04. The lowest BCUT2D eigenvalue weighted by molar-refractivity contribution is 1.14. The molecule has 2 aromatic carbocycles. The molecule has 24 heavy (non-hydrogen) atoms. The molecule has 0 N–H and O–H groups in total. The standard InChI is InChI=1S/C16H14N8/c17-23-19-11-15(13-7-3-1-4-8-13)21-22-16(12-20-24-18)14-9-5-2-6-10-14/h1-10H,11-12H2/b21-15+,22-16+. The fourth-order valence-corrected chi connectivity index (χ4v) is 1.94. The number of benzene rings is 2. The van der Waals surface area contributed by atoms with Crippen LogP contribution in [-0.4, -0.2) is 24.5 Å². The smallest absolute Gasteiger partial charge is 0.0760 e. The van der Waals surface area contributed by atoms with Gasteiger partial charge in [0.05, 0.1) is 24.5 Å². The molecule has 0 radical (unpaired) electrons. The first kappa shape index (κ1) is 16.8. The van der Waals surface area contributed by atoms with Gasteiger partial charge in [-0.2, -0.15) is 10.2 Å². The minimum absolute atomic E-state index is 0.0770. The predicted molar refractivity (Wildman–Crippen MR) is 94.0 cm³/mol. The summed E-state index contributed by atoms with van der Waals surface area (Å²) in [6.45, 7) is 0.154. The molecule has 0 aliphatic heterocycles. The van der Waals surface area contributed by atoms with E-state index in [-0.39, 0.29) is 13.1 Å².